The van der Waals surface area contributed by atoms with Crippen LogP contribution in [0.2, 0.25) is 0 Å². The van der Waals surface area contributed by atoms with Crippen LogP contribution in [-0.4, -0.2) is 43.0 Å². The summed E-state index contributed by atoms with van der Waals surface area (Å²) in [7, 11) is 3.23. The van der Waals surface area contributed by atoms with E-state index in [4.69, 9.17) is 9.47 Å². The van der Waals surface area contributed by atoms with Crippen molar-refractivity contribution in [2.45, 2.75) is 38.3 Å². The molecule has 2 aromatic rings. The highest BCUT2D eigenvalue weighted by Crippen LogP contribution is 2.32. The smallest absolute Gasteiger partial charge is 0.245 e. The van der Waals surface area contributed by atoms with Crippen LogP contribution in [-0.2, 0) is 22.6 Å². The van der Waals surface area contributed by atoms with Gasteiger partial charge in [-0.25, -0.2) is 0 Å². The van der Waals surface area contributed by atoms with Crippen molar-refractivity contribution in [1.29, 1.82) is 0 Å². The first-order chi connectivity index (χ1) is 14.0. The molecule has 3 rings (SSSR count). The average Bonchev–Trinajstić information content (AvgIpc) is 3.05. The normalized spacial score (nSPS) is 18.6. The SMILES string of the molecule is COc1ccc(OC)c(CCN2C(=O)CC[C@]2(C)C(=O)NCc2ccccc2)c1. The lowest BCUT2D eigenvalue weighted by Gasteiger charge is -2.34. The Morgan fingerprint density at radius 3 is 2.59 bits per heavy atom. The van der Waals surface area contributed by atoms with Gasteiger partial charge >= 0.3 is 0 Å². The molecule has 1 atom stereocenters. The number of hydrogen-bond acceptors (Lipinski definition) is 4. The van der Waals surface area contributed by atoms with E-state index >= 15 is 0 Å². The molecule has 1 saturated heterocycles. The number of benzene rings is 2. The molecule has 154 valence electrons. The van der Waals surface area contributed by atoms with Gasteiger partial charge in [0.1, 0.15) is 17.0 Å². The van der Waals surface area contributed by atoms with E-state index in [2.05, 4.69) is 5.32 Å². The van der Waals surface area contributed by atoms with Crippen LogP contribution in [0.15, 0.2) is 48.5 Å². The van der Waals surface area contributed by atoms with E-state index in [0.29, 0.717) is 32.4 Å². The molecule has 0 spiro atoms. The fourth-order valence-electron chi connectivity index (χ4n) is 3.78. The Labute approximate surface area is 171 Å². The van der Waals surface area contributed by atoms with Gasteiger partial charge in [-0.15, -0.1) is 0 Å². The second-order valence-electron chi connectivity index (χ2n) is 7.42. The monoisotopic (exact) mass is 396 g/mol. The summed E-state index contributed by atoms with van der Waals surface area (Å²) in [5, 5.41) is 2.99. The van der Waals surface area contributed by atoms with Gasteiger partial charge in [0.2, 0.25) is 11.8 Å². The van der Waals surface area contributed by atoms with Crippen LogP contribution in [0.5, 0.6) is 11.5 Å². The van der Waals surface area contributed by atoms with Crippen LogP contribution >= 0.6 is 0 Å². The number of hydrogen-bond donors (Lipinski definition) is 1. The van der Waals surface area contributed by atoms with Crippen molar-refractivity contribution in [3.63, 3.8) is 0 Å². The van der Waals surface area contributed by atoms with Gasteiger partial charge in [-0.1, -0.05) is 30.3 Å². The van der Waals surface area contributed by atoms with Gasteiger partial charge in [0.05, 0.1) is 14.2 Å². The maximum atomic E-state index is 13.0. The highest BCUT2D eigenvalue weighted by Gasteiger charge is 2.46. The zero-order valence-corrected chi connectivity index (χ0v) is 17.2. The summed E-state index contributed by atoms with van der Waals surface area (Å²) in [6.45, 7) is 2.74. The molecular formula is C23H28N2O4. The average molecular weight is 396 g/mol. The van der Waals surface area contributed by atoms with Crippen molar-refractivity contribution in [3.05, 3.63) is 59.7 Å². The molecule has 0 aromatic heterocycles. The quantitative estimate of drug-likeness (QED) is 0.745. The number of ether oxygens (including phenoxy) is 2. The molecule has 0 radical (unpaired) electrons. The molecule has 6 heteroatoms. The van der Waals surface area contributed by atoms with Gasteiger partial charge in [-0.3, -0.25) is 9.59 Å². The fourth-order valence-corrected chi connectivity index (χ4v) is 3.78. The van der Waals surface area contributed by atoms with Gasteiger partial charge in [-0.05, 0) is 49.1 Å². The molecule has 29 heavy (non-hydrogen) atoms. The first kappa shape index (κ1) is 20.7. The highest BCUT2D eigenvalue weighted by molar-refractivity contribution is 5.94. The van der Waals surface area contributed by atoms with E-state index in [9.17, 15) is 9.59 Å². The Morgan fingerprint density at radius 2 is 1.90 bits per heavy atom. The summed E-state index contributed by atoms with van der Waals surface area (Å²) in [5.74, 6) is 1.36. The van der Waals surface area contributed by atoms with Crippen molar-refractivity contribution in [3.8, 4) is 11.5 Å². The van der Waals surface area contributed by atoms with Crippen molar-refractivity contribution in [2.24, 2.45) is 0 Å². The summed E-state index contributed by atoms with van der Waals surface area (Å²) >= 11 is 0. The predicted octanol–water partition coefficient (Wildman–Crippen LogP) is 2.94. The van der Waals surface area contributed by atoms with E-state index in [1.54, 1.807) is 19.1 Å². The van der Waals surface area contributed by atoms with E-state index in [-0.39, 0.29) is 11.8 Å². The topological polar surface area (TPSA) is 67.9 Å². The number of amides is 2. The standard InChI is InChI=1S/C23H28N2O4/c1-23(22(27)24-16-17-7-5-4-6-8-17)13-11-21(26)25(23)14-12-18-15-19(28-2)9-10-20(18)29-3/h4-10,15H,11-14,16H2,1-3H3,(H,24,27)/t23-/m1/s1. The summed E-state index contributed by atoms with van der Waals surface area (Å²) in [5.41, 5.74) is 1.12. The minimum atomic E-state index is -0.849. The summed E-state index contributed by atoms with van der Waals surface area (Å²) < 4.78 is 10.7. The molecule has 0 saturated carbocycles. The van der Waals surface area contributed by atoms with Gasteiger partial charge in [0, 0.05) is 19.5 Å². The number of carbonyl (C=O) groups is 2. The van der Waals surface area contributed by atoms with E-state index in [1.165, 1.54) is 0 Å². The Bertz CT molecular complexity index is 868. The number of rotatable bonds is 8. The van der Waals surface area contributed by atoms with Crippen LogP contribution in [0.4, 0.5) is 0 Å². The summed E-state index contributed by atoms with van der Waals surface area (Å²) in [6.07, 6.45) is 1.47. The molecule has 2 aromatic carbocycles. The van der Waals surface area contributed by atoms with E-state index in [0.717, 1.165) is 22.6 Å². The second kappa shape index (κ2) is 8.99. The lowest BCUT2D eigenvalue weighted by atomic mass is 9.96. The number of nitrogens with zero attached hydrogens (tertiary/aromatic N) is 1. The minimum Gasteiger partial charge on any atom is -0.497 e. The van der Waals surface area contributed by atoms with Gasteiger partial charge in [0.15, 0.2) is 0 Å². The van der Waals surface area contributed by atoms with Crippen LogP contribution in [0.1, 0.15) is 30.9 Å². The van der Waals surface area contributed by atoms with Crippen molar-refractivity contribution >= 4 is 11.8 Å². The third-order valence-electron chi connectivity index (χ3n) is 5.60. The van der Waals surface area contributed by atoms with Crippen LogP contribution in [0, 0.1) is 0 Å². The van der Waals surface area contributed by atoms with Crippen molar-refractivity contribution in [1.82, 2.24) is 10.2 Å². The lowest BCUT2D eigenvalue weighted by molar-refractivity contribution is -0.140. The third-order valence-corrected chi connectivity index (χ3v) is 5.60. The Balaban J connectivity index is 1.70. The third kappa shape index (κ3) is 4.53. The Morgan fingerprint density at radius 1 is 1.14 bits per heavy atom. The number of nitrogens with one attached hydrogen (secondary N) is 1. The molecule has 1 aliphatic rings. The summed E-state index contributed by atoms with van der Waals surface area (Å²) in [4.78, 5) is 27.2. The zero-order valence-electron chi connectivity index (χ0n) is 17.2. The van der Waals surface area contributed by atoms with Gasteiger partial charge in [0.25, 0.3) is 0 Å². The minimum absolute atomic E-state index is 0.00391. The van der Waals surface area contributed by atoms with E-state index in [1.807, 2.05) is 55.5 Å². The molecule has 0 aliphatic carbocycles. The van der Waals surface area contributed by atoms with Gasteiger partial charge in [-0.2, -0.15) is 0 Å². The molecule has 1 fully saturated rings. The molecule has 1 heterocycles. The second-order valence-corrected chi connectivity index (χ2v) is 7.42. The van der Waals surface area contributed by atoms with Crippen molar-refractivity contribution < 1.29 is 19.1 Å². The highest BCUT2D eigenvalue weighted by atomic mass is 16.5. The van der Waals surface area contributed by atoms with Crippen molar-refractivity contribution in [2.75, 3.05) is 20.8 Å². The number of carbonyl (C=O) groups excluding carboxylic acids is 2. The largest absolute Gasteiger partial charge is 0.497 e. The molecule has 6 nitrogen and oxygen atoms in total. The first-order valence-corrected chi connectivity index (χ1v) is 9.81. The number of methoxy groups -OCH3 is 2. The number of likely N-dealkylation sites (tertiary alicyclic amines) is 1. The van der Waals surface area contributed by atoms with Gasteiger partial charge < -0.3 is 19.7 Å². The lowest BCUT2D eigenvalue weighted by Crippen LogP contribution is -2.54. The molecular weight excluding hydrogens is 368 g/mol. The Hall–Kier alpha value is -3.02. The van der Waals surface area contributed by atoms with Crippen LogP contribution < -0.4 is 14.8 Å². The molecule has 1 aliphatic heterocycles. The predicted molar refractivity (Wildman–Crippen MR) is 111 cm³/mol. The Kier molecular flexibility index (Phi) is 6.42. The van der Waals surface area contributed by atoms with Crippen LogP contribution in [0.3, 0.4) is 0 Å². The molecule has 0 unspecified atom stereocenters. The fraction of sp³-hybridized carbons (Fsp3) is 0.391. The maximum absolute atomic E-state index is 13.0. The zero-order chi connectivity index (χ0) is 20.9. The first-order valence-electron chi connectivity index (χ1n) is 9.81. The maximum Gasteiger partial charge on any atom is 0.245 e. The molecule has 2 amide bonds. The molecule has 0 bridgehead atoms. The van der Waals surface area contributed by atoms with Crippen LogP contribution in [0.25, 0.3) is 0 Å². The molecule has 1 N–H and O–H groups in total. The summed E-state index contributed by atoms with van der Waals surface area (Å²) in [6, 6.07) is 15.4. The van der Waals surface area contributed by atoms with E-state index < -0.39 is 5.54 Å².